The van der Waals surface area contributed by atoms with Gasteiger partial charge < -0.3 is 10.0 Å². The Balaban J connectivity index is 1.59. The SMILES string of the molecule is O=C(c1cn[nH]c1-c1ccccc1)N1Cc2cnn(CCO)c2C1. The molecule has 1 amide bonds. The summed E-state index contributed by atoms with van der Waals surface area (Å²) in [4.78, 5) is 14.7. The van der Waals surface area contributed by atoms with Crippen molar-refractivity contribution in [3.8, 4) is 11.3 Å². The van der Waals surface area contributed by atoms with Gasteiger partial charge in [0.25, 0.3) is 5.91 Å². The zero-order chi connectivity index (χ0) is 16.5. The second kappa shape index (κ2) is 5.93. The van der Waals surface area contributed by atoms with Crippen LogP contribution in [0.1, 0.15) is 21.6 Å². The lowest BCUT2D eigenvalue weighted by Gasteiger charge is -2.16. The Kier molecular flexibility index (Phi) is 3.62. The molecule has 0 fully saturated rings. The van der Waals surface area contributed by atoms with Crippen molar-refractivity contribution in [2.24, 2.45) is 0 Å². The van der Waals surface area contributed by atoms with Crippen LogP contribution in [-0.4, -0.2) is 42.5 Å². The van der Waals surface area contributed by atoms with Crippen molar-refractivity contribution in [1.82, 2.24) is 24.9 Å². The van der Waals surface area contributed by atoms with Crippen molar-refractivity contribution in [3.63, 3.8) is 0 Å². The van der Waals surface area contributed by atoms with Gasteiger partial charge in [0.1, 0.15) is 0 Å². The number of nitrogens with one attached hydrogen (secondary N) is 1. The molecule has 3 aromatic rings. The first-order valence-electron chi connectivity index (χ1n) is 7.80. The molecule has 0 aliphatic carbocycles. The van der Waals surface area contributed by atoms with Gasteiger partial charge in [-0.3, -0.25) is 14.6 Å². The normalized spacial score (nSPS) is 13.3. The predicted octanol–water partition coefficient (Wildman–Crippen LogP) is 1.42. The van der Waals surface area contributed by atoms with Crippen molar-refractivity contribution in [1.29, 1.82) is 0 Å². The van der Waals surface area contributed by atoms with Gasteiger partial charge in [-0.25, -0.2) is 0 Å². The number of rotatable bonds is 4. The van der Waals surface area contributed by atoms with E-state index in [9.17, 15) is 4.79 Å². The molecule has 4 rings (SSSR count). The largest absolute Gasteiger partial charge is 0.394 e. The minimum Gasteiger partial charge on any atom is -0.394 e. The van der Waals surface area contributed by atoms with Crippen LogP contribution < -0.4 is 0 Å². The number of aromatic nitrogens is 4. The highest BCUT2D eigenvalue weighted by Gasteiger charge is 2.29. The lowest BCUT2D eigenvalue weighted by atomic mass is 10.1. The molecule has 2 N–H and O–H groups in total. The maximum Gasteiger partial charge on any atom is 0.258 e. The van der Waals surface area contributed by atoms with Gasteiger partial charge in [-0.15, -0.1) is 0 Å². The molecule has 0 bridgehead atoms. The Hall–Kier alpha value is -2.93. The van der Waals surface area contributed by atoms with Crippen LogP contribution in [0, 0.1) is 0 Å². The van der Waals surface area contributed by atoms with Gasteiger partial charge in [0, 0.05) is 17.7 Å². The van der Waals surface area contributed by atoms with E-state index in [1.165, 1.54) is 0 Å². The van der Waals surface area contributed by atoms with E-state index in [1.54, 1.807) is 22.0 Å². The molecule has 0 saturated heterocycles. The summed E-state index contributed by atoms with van der Waals surface area (Å²) in [6, 6.07) is 9.69. The molecule has 122 valence electrons. The quantitative estimate of drug-likeness (QED) is 0.760. The number of nitrogens with zero attached hydrogens (tertiary/aromatic N) is 4. The average Bonchev–Trinajstić information content (AvgIpc) is 3.32. The molecule has 0 saturated carbocycles. The van der Waals surface area contributed by atoms with Crippen LogP contribution in [0.4, 0.5) is 0 Å². The van der Waals surface area contributed by atoms with Gasteiger partial charge in [0.2, 0.25) is 0 Å². The molecule has 7 nitrogen and oxygen atoms in total. The number of H-pyrrole nitrogens is 1. The number of benzene rings is 1. The average molecular weight is 323 g/mol. The zero-order valence-electron chi connectivity index (χ0n) is 13.0. The lowest BCUT2D eigenvalue weighted by molar-refractivity contribution is 0.0748. The second-order valence-electron chi connectivity index (χ2n) is 5.75. The monoisotopic (exact) mass is 323 g/mol. The molecule has 1 aliphatic heterocycles. The van der Waals surface area contributed by atoms with E-state index < -0.39 is 0 Å². The number of amides is 1. The van der Waals surface area contributed by atoms with Crippen LogP contribution in [0.3, 0.4) is 0 Å². The topological polar surface area (TPSA) is 87.0 Å². The van der Waals surface area contributed by atoms with Crippen LogP contribution in [0.25, 0.3) is 11.3 Å². The maximum absolute atomic E-state index is 12.9. The number of carbonyl (C=O) groups excluding carboxylic acids is 1. The number of aliphatic hydroxyl groups excluding tert-OH is 1. The molecule has 0 atom stereocenters. The Morgan fingerprint density at radius 3 is 2.83 bits per heavy atom. The van der Waals surface area contributed by atoms with E-state index in [1.807, 2.05) is 30.3 Å². The summed E-state index contributed by atoms with van der Waals surface area (Å²) in [7, 11) is 0. The van der Waals surface area contributed by atoms with Crippen LogP contribution in [0.2, 0.25) is 0 Å². The molecule has 1 aliphatic rings. The lowest BCUT2D eigenvalue weighted by Crippen LogP contribution is -2.26. The first-order chi connectivity index (χ1) is 11.8. The third kappa shape index (κ3) is 2.39. The number of aromatic amines is 1. The second-order valence-corrected chi connectivity index (χ2v) is 5.75. The summed E-state index contributed by atoms with van der Waals surface area (Å²) in [5.74, 6) is -0.0608. The van der Waals surface area contributed by atoms with E-state index in [2.05, 4.69) is 15.3 Å². The predicted molar refractivity (Wildman–Crippen MR) is 86.9 cm³/mol. The summed E-state index contributed by atoms with van der Waals surface area (Å²) >= 11 is 0. The van der Waals surface area contributed by atoms with Gasteiger partial charge in [-0.2, -0.15) is 10.2 Å². The van der Waals surface area contributed by atoms with E-state index in [4.69, 9.17) is 5.11 Å². The first kappa shape index (κ1) is 14.6. The Morgan fingerprint density at radius 2 is 2.04 bits per heavy atom. The highest BCUT2D eigenvalue weighted by molar-refractivity contribution is 5.99. The van der Waals surface area contributed by atoms with Crippen LogP contribution in [0.15, 0.2) is 42.7 Å². The van der Waals surface area contributed by atoms with Crippen molar-refractivity contribution in [3.05, 3.63) is 59.5 Å². The number of carbonyl (C=O) groups is 1. The number of fused-ring (bicyclic) bond motifs is 1. The number of aliphatic hydroxyl groups is 1. The van der Waals surface area contributed by atoms with E-state index in [-0.39, 0.29) is 12.5 Å². The third-order valence-corrected chi connectivity index (χ3v) is 4.27. The molecule has 1 aromatic carbocycles. The summed E-state index contributed by atoms with van der Waals surface area (Å²) in [6.45, 7) is 1.49. The summed E-state index contributed by atoms with van der Waals surface area (Å²) in [5.41, 5.74) is 4.24. The fourth-order valence-electron chi connectivity index (χ4n) is 3.08. The Morgan fingerprint density at radius 1 is 1.21 bits per heavy atom. The van der Waals surface area contributed by atoms with Crippen molar-refractivity contribution in [2.75, 3.05) is 6.61 Å². The fourth-order valence-corrected chi connectivity index (χ4v) is 3.08. The van der Waals surface area contributed by atoms with E-state index in [0.717, 1.165) is 22.5 Å². The van der Waals surface area contributed by atoms with Crippen molar-refractivity contribution in [2.45, 2.75) is 19.6 Å². The molecule has 0 unspecified atom stereocenters. The molecular weight excluding hydrogens is 306 g/mol. The van der Waals surface area contributed by atoms with E-state index >= 15 is 0 Å². The smallest absolute Gasteiger partial charge is 0.258 e. The highest BCUT2D eigenvalue weighted by Crippen LogP contribution is 2.27. The van der Waals surface area contributed by atoms with Crippen molar-refractivity contribution < 1.29 is 9.90 Å². The zero-order valence-corrected chi connectivity index (χ0v) is 13.0. The van der Waals surface area contributed by atoms with Gasteiger partial charge in [-0.05, 0) is 0 Å². The minimum absolute atomic E-state index is 0.0297. The van der Waals surface area contributed by atoms with Gasteiger partial charge in [0.05, 0.1) is 49.0 Å². The standard InChI is InChI=1S/C17H17N5O2/c23-7-6-22-15-11-21(10-13(15)8-19-22)17(24)14-9-18-20-16(14)12-4-2-1-3-5-12/h1-5,8-9,23H,6-7,10-11H2,(H,18,20). The van der Waals surface area contributed by atoms with Crippen molar-refractivity contribution >= 4 is 5.91 Å². The van der Waals surface area contributed by atoms with E-state index in [0.29, 0.717) is 25.2 Å². The molecular formula is C17H17N5O2. The molecule has 0 spiro atoms. The van der Waals surface area contributed by atoms with Crippen LogP contribution >= 0.6 is 0 Å². The third-order valence-electron chi connectivity index (χ3n) is 4.27. The minimum atomic E-state index is -0.0608. The van der Waals surface area contributed by atoms with Crippen LogP contribution in [0.5, 0.6) is 0 Å². The molecule has 3 heterocycles. The molecule has 24 heavy (non-hydrogen) atoms. The molecule has 2 aromatic heterocycles. The summed E-state index contributed by atoms with van der Waals surface area (Å²) < 4.78 is 1.76. The number of hydrogen-bond acceptors (Lipinski definition) is 4. The Bertz CT molecular complexity index is 868. The number of hydrogen-bond donors (Lipinski definition) is 2. The first-order valence-corrected chi connectivity index (χ1v) is 7.80. The maximum atomic E-state index is 12.9. The Labute approximate surface area is 138 Å². The molecule has 7 heteroatoms. The van der Waals surface area contributed by atoms with Gasteiger partial charge in [0.15, 0.2) is 0 Å². The summed E-state index contributed by atoms with van der Waals surface area (Å²) in [5, 5.41) is 20.3. The fraction of sp³-hybridized carbons (Fsp3) is 0.235. The molecule has 0 radical (unpaired) electrons. The summed E-state index contributed by atoms with van der Waals surface area (Å²) in [6.07, 6.45) is 3.35. The highest BCUT2D eigenvalue weighted by atomic mass is 16.3. The van der Waals surface area contributed by atoms with Gasteiger partial charge >= 0.3 is 0 Å². The van der Waals surface area contributed by atoms with Gasteiger partial charge in [-0.1, -0.05) is 30.3 Å². The van der Waals surface area contributed by atoms with Crippen LogP contribution in [-0.2, 0) is 19.6 Å².